The summed E-state index contributed by atoms with van der Waals surface area (Å²) in [7, 11) is 2.18. The Morgan fingerprint density at radius 1 is 0.963 bits per heavy atom. The van der Waals surface area contributed by atoms with Gasteiger partial charge in [-0.3, -0.25) is 9.69 Å². The van der Waals surface area contributed by atoms with Gasteiger partial charge in [-0.15, -0.1) is 0 Å². The monoisotopic (exact) mass is 383 g/mol. The summed E-state index contributed by atoms with van der Waals surface area (Å²) in [5, 5.41) is 0.721. The lowest BCUT2D eigenvalue weighted by Gasteiger charge is -2.32. The number of nitrogens with zero attached hydrogens (tertiary/aromatic N) is 3. The van der Waals surface area contributed by atoms with Gasteiger partial charge in [-0.1, -0.05) is 35.9 Å². The predicted molar refractivity (Wildman–Crippen MR) is 109 cm³/mol. The first kappa shape index (κ1) is 18.5. The van der Waals surface area contributed by atoms with Crippen molar-refractivity contribution in [1.82, 2.24) is 14.7 Å². The molecule has 4 rings (SSSR count). The van der Waals surface area contributed by atoms with Crippen LogP contribution in [0.2, 0.25) is 5.02 Å². The summed E-state index contributed by atoms with van der Waals surface area (Å²) in [6.07, 6.45) is 0. The molecule has 2 heterocycles. The number of benzene rings is 2. The topological polar surface area (TPSA) is 26.8 Å². The van der Waals surface area contributed by atoms with Gasteiger partial charge in [-0.05, 0) is 48.4 Å². The summed E-state index contributed by atoms with van der Waals surface area (Å²) in [5.41, 5.74) is 5.58. The zero-order valence-corrected chi connectivity index (χ0v) is 16.8. The largest absolute Gasteiger partial charge is 0.330 e. The van der Waals surface area contributed by atoms with E-state index >= 15 is 0 Å². The molecule has 0 aromatic heterocycles. The zero-order chi connectivity index (χ0) is 19.0. The molecule has 4 nitrogen and oxygen atoms in total. The predicted octanol–water partition coefficient (Wildman–Crippen LogP) is 3.55. The Morgan fingerprint density at radius 2 is 1.67 bits per heavy atom. The van der Waals surface area contributed by atoms with E-state index in [-0.39, 0.29) is 5.91 Å². The van der Waals surface area contributed by atoms with Crippen LogP contribution in [0.25, 0.3) is 0 Å². The van der Waals surface area contributed by atoms with Crippen molar-refractivity contribution in [3.05, 3.63) is 69.2 Å². The second-order valence-electron chi connectivity index (χ2n) is 7.81. The SMILES string of the molecule is Cc1cc(CN2CCN(C)CC2)cc2c1C(=O)N(Cc1ccc(Cl)cc1)C2. The highest BCUT2D eigenvalue weighted by Gasteiger charge is 2.29. The molecule has 5 heteroatoms. The molecule has 142 valence electrons. The Morgan fingerprint density at radius 3 is 2.37 bits per heavy atom. The highest BCUT2D eigenvalue weighted by atomic mass is 35.5. The van der Waals surface area contributed by atoms with Crippen molar-refractivity contribution < 1.29 is 4.79 Å². The van der Waals surface area contributed by atoms with Crippen LogP contribution in [0.3, 0.4) is 0 Å². The number of fused-ring (bicyclic) bond motifs is 1. The number of carbonyl (C=O) groups excluding carboxylic acids is 1. The van der Waals surface area contributed by atoms with E-state index in [0.717, 1.165) is 60.0 Å². The number of piperazine rings is 1. The van der Waals surface area contributed by atoms with Gasteiger partial charge in [0.15, 0.2) is 0 Å². The molecule has 1 amide bonds. The maximum absolute atomic E-state index is 12.9. The van der Waals surface area contributed by atoms with Crippen LogP contribution in [0.5, 0.6) is 0 Å². The van der Waals surface area contributed by atoms with E-state index in [2.05, 4.69) is 35.9 Å². The first-order valence-electron chi connectivity index (χ1n) is 9.56. The Bertz CT molecular complexity index is 841. The minimum atomic E-state index is 0.142. The van der Waals surface area contributed by atoms with Crippen LogP contribution < -0.4 is 0 Å². The lowest BCUT2D eigenvalue weighted by atomic mass is 10.00. The van der Waals surface area contributed by atoms with Gasteiger partial charge in [0.2, 0.25) is 0 Å². The Kier molecular flexibility index (Phi) is 5.22. The van der Waals surface area contributed by atoms with E-state index in [0.29, 0.717) is 13.1 Å². The molecule has 0 N–H and O–H groups in total. The molecule has 0 radical (unpaired) electrons. The van der Waals surface area contributed by atoms with Crippen LogP contribution in [-0.2, 0) is 19.6 Å². The first-order chi connectivity index (χ1) is 13.0. The van der Waals surface area contributed by atoms with E-state index in [9.17, 15) is 4.79 Å². The zero-order valence-electron chi connectivity index (χ0n) is 16.0. The second-order valence-corrected chi connectivity index (χ2v) is 8.25. The molecule has 1 saturated heterocycles. The molecule has 0 spiro atoms. The van der Waals surface area contributed by atoms with Crippen molar-refractivity contribution in [2.75, 3.05) is 33.2 Å². The summed E-state index contributed by atoms with van der Waals surface area (Å²) < 4.78 is 0. The van der Waals surface area contributed by atoms with E-state index in [1.807, 2.05) is 29.2 Å². The fourth-order valence-electron chi connectivity index (χ4n) is 4.10. The molecule has 0 saturated carbocycles. The van der Waals surface area contributed by atoms with Crippen molar-refractivity contribution in [3.63, 3.8) is 0 Å². The van der Waals surface area contributed by atoms with Crippen LogP contribution in [0.1, 0.15) is 32.6 Å². The highest BCUT2D eigenvalue weighted by molar-refractivity contribution is 6.30. The van der Waals surface area contributed by atoms with Gasteiger partial charge in [0.1, 0.15) is 0 Å². The molecule has 2 aromatic rings. The van der Waals surface area contributed by atoms with Crippen molar-refractivity contribution in [1.29, 1.82) is 0 Å². The number of aryl methyl sites for hydroxylation is 1. The lowest BCUT2D eigenvalue weighted by molar-refractivity contribution is 0.0766. The summed E-state index contributed by atoms with van der Waals surface area (Å²) in [6.45, 7) is 8.80. The quantitative estimate of drug-likeness (QED) is 0.807. The molecule has 27 heavy (non-hydrogen) atoms. The van der Waals surface area contributed by atoms with Crippen LogP contribution in [0, 0.1) is 6.92 Å². The number of rotatable bonds is 4. The lowest BCUT2D eigenvalue weighted by Crippen LogP contribution is -2.43. The normalized spacial score (nSPS) is 18.2. The number of carbonyl (C=O) groups is 1. The van der Waals surface area contributed by atoms with Crippen molar-refractivity contribution in [3.8, 4) is 0 Å². The molecule has 0 bridgehead atoms. The van der Waals surface area contributed by atoms with Crippen LogP contribution >= 0.6 is 11.6 Å². The minimum Gasteiger partial charge on any atom is -0.330 e. The van der Waals surface area contributed by atoms with Gasteiger partial charge < -0.3 is 9.80 Å². The van der Waals surface area contributed by atoms with Crippen molar-refractivity contribution in [2.24, 2.45) is 0 Å². The first-order valence-corrected chi connectivity index (χ1v) is 9.94. The molecule has 0 atom stereocenters. The smallest absolute Gasteiger partial charge is 0.255 e. The second kappa shape index (κ2) is 7.63. The van der Waals surface area contributed by atoms with Gasteiger partial charge in [0.25, 0.3) is 5.91 Å². The standard InChI is InChI=1S/C22H26ClN3O/c1-16-11-18(13-25-9-7-24(2)8-10-25)12-19-15-26(22(27)21(16)19)14-17-3-5-20(23)6-4-17/h3-6,11-12H,7-10,13-15H2,1-2H3. The van der Waals surface area contributed by atoms with Gasteiger partial charge in [-0.2, -0.15) is 0 Å². The number of amides is 1. The number of halogens is 1. The molecular weight excluding hydrogens is 358 g/mol. The number of hydrogen-bond donors (Lipinski definition) is 0. The van der Waals surface area contributed by atoms with Crippen molar-refractivity contribution in [2.45, 2.75) is 26.6 Å². The molecule has 2 aliphatic heterocycles. The molecular formula is C22H26ClN3O. The molecule has 0 unspecified atom stereocenters. The highest BCUT2D eigenvalue weighted by Crippen LogP contribution is 2.29. The molecule has 0 aliphatic carbocycles. The molecule has 2 aliphatic rings. The Balaban J connectivity index is 1.49. The van der Waals surface area contributed by atoms with Crippen LogP contribution in [0.4, 0.5) is 0 Å². The number of likely N-dealkylation sites (N-methyl/N-ethyl adjacent to an activating group) is 1. The Labute approximate surface area is 166 Å². The number of hydrogen-bond acceptors (Lipinski definition) is 3. The minimum absolute atomic E-state index is 0.142. The third-order valence-electron chi connectivity index (χ3n) is 5.63. The fraction of sp³-hybridized carbons (Fsp3) is 0.409. The summed E-state index contributed by atoms with van der Waals surface area (Å²) in [5.74, 6) is 0.142. The maximum atomic E-state index is 12.9. The maximum Gasteiger partial charge on any atom is 0.255 e. The van der Waals surface area contributed by atoms with E-state index in [1.165, 1.54) is 5.56 Å². The average Bonchev–Trinajstić information content (AvgIpc) is 2.95. The fourth-order valence-corrected chi connectivity index (χ4v) is 4.23. The summed E-state index contributed by atoms with van der Waals surface area (Å²) in [6, 6.07) is 12.2. The summed E-state index contributed by atoms with van der Waals surface area (Å²) in [4.78, 5) is 19.7. The van der Waals surface area contributed by atoms with Crippen LogP contribution in [0.15, 0.2) is 36.4 Å². The van der Waals surface area contributed by atoms with Crippen molar-refractivity contribution >= 4 is 17.5 Å². The molecule has 1 fully saturated rings. The average molecular weight is 384 g/mol. The molecule has 2 aromatic carbocycles. The summed E-state index contributed by atoms with van der Waals surface area (Å²) >= 11 is 5.97. The van der Waals surface area contributed by atoms with Gasteiger partial charge >= 0.3 is 0 Å². The third kappa shape index (κ3) is 4.03. The van der Waals surface area contributed by atoms with Gasteiger partial charge in [0, 0.05) is 56.4 Å². The van der Waals surface area contributed by atoms with E-state index < -0.39 is 0 Å². The Hall–Kier alpha value is -1.88. The van der Waals surface area contributed by atoms with Gasteiger partial charge in [0.05, 0.1) is 0 Å². The third-order valence-corrected chi connectivity index (χ3v) is 5.88. The van der Waals surface area contributed by atoms with E-state index in [4.69, 9.17) is 11.6 Å². The van der Waals surface area contributed by atoms with Gasteiger partial charge in [-0.25, -0.2) is 0 Å². The van der Waals surface area contributed by atoms with E-state index in [1.54, 1.807) is 0 Å². The van der Waals surface area contributed by atoms with Crippen LogP contribution in [-0.4, -0.2) is 53.8 Å².